The molecule has 1 aromatic carbocycles. The first kappa shape index (κ1) is 13.9. The third-order valence-corrected chi connectivity index (χ3v) is 4.91. The fraction of sp³-hybridized carbons (Fsp3) is 0.647. The van der Waals surface area contributed by atoms with E-state index >= 15 is 0 Å². The third-order valence-electron chi connectivity index (χ3n) is 4.91. The molecule has 0 unspecified atom stereocenters. The molecule has 0 amide bonds. The summed E-state index contributed by atoms with van der Waals surface area (Å²) in [4.78, 5) is 0. The van der Waals surface area contributed by atoms with Crippen LogP contribution in [0.4, 0.5) is 5.69 Å². The van der Waals surface area contributed by atoms with Crippen molar-refractivity contribution >= 4 is 5.69 Å². The van der Waals surface area contributed by atoms with Crippen molar-refractivity contribution in [2.24, 2.45) is 0 Å². The molecule has 3 nitrogen and oxygen atoms in total. The van der Waals surface area contributed by atoms with Crippen molar-refractivity contribution in [1.82, 2.24) is 0 Å². The van der Waals surface area contributed by atoms with Crippen molar-refractivity contribution in [3.63, 3.8) is 0 Å². The van der Waals surface area contributed by atoms with Gasteiger partial charge in [0.05, 0.1) is 5.60 Å². The van der Waals surface area contributed by atoms with Crippen LogP contribution in [0.25, 0.3) is 0 Å². The summed E-state index contributed by atoms with van der Waals surface area (Å²) in [7, 11) is 1.82. The Hall–Kier alpha value is -1.06. The fourth-order valence-electron chi connectivity index (χ4n) is 3.10. The monoisotopic (exact) mass is 275 g/mol. The minimum Gasteiger partial charge on any atom is -0.382 e. The van der Waals surface area contributed by atoms with E-state index < -0.39 is 0 Å². The zero-order valence-electron chi connectivity index (χ0n) is 12.4. The van der Waals surface area contributed by atoms with E-state index in [4.69, 9.17) is 9.47 Å². The lowest BCUT2D eigenvalue weighted by atomic mass is 9.80. The number of ether oxygens (including phenoxy) is 2. The average molecular weight is 275 g/mol. The lowest BCUT2D eigenvalue weighted by Crippen LogP contribution is -2.44. The van der Waals surface area contributed by atoms with Gasteiger partial charge in [0.2, 0.25) is 0 Å². The molecule has 0 bridgehead atoms. The highest BCUT2D eigenvalue weighted by atomic mass is 16.5. The summed E-state index contributed by atoms with van der Waals surface area (Å²) in [5.41, 5.74) is 2.64. The molecule has 1 aliphatic carbocycles. The summed E-state index contributed by atoms with van der Waals surface area (Å²) < 4.78 is 11.2. The maximum Gasteiger partial charge on any atom is 0.0893 e. The predicted octanol–water partition coefficient (Wildman–Crippen LogP) is 3.56. The van der Waals surface area contributed by atoms with Gasteiger partial charge >= 0.3 is 0 Å². The molecule has 1 N–H and O–H groups in total. The van der Waals surface area contributed by atoms with Crippen molar-refractivity contribution in [2.75, 3.05) is 32.2 Å². The van der Waals surface area contributed by atoms with Crippen molar-refractivity contribution in [1.29, 1.82) is 0 Å². The lowest BCUT2D eigenvalue weighted by Gasteiger charge is -2.36. The zero-order chi connectivity index (χ0) is 13.8. The molecule has 2 aliphatic rings. The van der Waals surface area contributed by atoms with Crippen molar-refractivity contribution < 1.29 is 9.47 Å². The summed E-state index contributed by atoms with van der Waals surface area (Å²) in [5.74, 6) is 0.788. The molecular formula is C17H25NO2. The Balaban J connectivity index is 1.62. The number of hydrogen-bond donors (Lipinski definition) is 1. The van der Waals surface area contributed by atoms with Crippen LogP contribution in [0.15, 0.2) is 24.3 Å². The fourth-order valence-corrected chi connectivity index (χ4v) is 3.10. The molecule has 3 heteroatoms. The zero-order valence-corrected chi connectivity index (χ0v) is 12.4. The normalized spacial score (nSPS) is 22.2. The SMILES string of the molecule is COC1(CNc2cccc(C3CCC3)c2)CCOCC1. The number of rotatable bonds is 5. The Kier molecular flexibility index (Phi) is 4.27. The van der Waals surface area contributed by atoms with E-state index in [1.54, 1.807) is 0 Å². The van der Waals surface area contributed by atoms with Crippen LogP contribution in [0.3, 0.4) is 0 Å². The van der Waals surface area contributed by atoms with Gasteiger partial charge < -0.3 is 14.8 Å². The van der Waals surface area contributed by atoms with Gasteiger partial charge in [-0.1, -0.05) is 18.6 Å². The number of methoxy groups -OCH3 is 1. The number of anilines is 1. The number of benzene rings is 1. The molecule has 110 valence electrons. The second-order valence-electron chi connectivity index (χ2n) is 6.11. The first-order valence-corrected chi connectivity index (χ1v) is 7.78. The van der Waals surface area contributed by atoms with Gasteiger partial charge in [0.1, 0.15) is 0 Å². The highest BCUT2D eigenvalue weighted by Gasteiger charge is 2.32. The maximum absolute atomic E-state index is 5.77. The van der Waals surface area contributed by atoms with E-state index in [9.17, 15) is 0 Å². The quantitative estimate of drug-likeness (QED) is 0.891. The Bertz CT molecular complexity index is 436. The standard InChI is InChI=1S/C17H25NO2/c1-19-17(8-10-20-11-9-17)13-18-16-7-3-6-15(12-16)14-4-2-5-14/h3,6-7,12,14,18H,2,4-5,8-11,13H2,1H3. The molecule has 0 atom stereocenters. The first-order valence-electron chi connectivity index (χ1n) is 7.78. The van der Waals surface area contributed by atoms with E-state index in [-0.39, 0.29) is 5.60 Å². The van der Waals surface area contributed by atoms with Gasteiger partial charge in [-0.2, -0.15) is 0 Å². The molecular weight excluding hydrogens is 250 g/mol. The van der Waals surface area contributed by atoms with E-state index in [0.717, 1.165) is 38.5 Å². The maximum atomic E-state index is 5.77. The molecule has 20 heavy (non-hydrogen) atoms. The van der Waals surface area contributed by atoms with Crippen molar-refractivity contribution in [2.45, 2.75) is 43.6 Å². The second-order valence-corrected chi connectivity index (χ2v) is 6.11. The summed E-state index contributed by atoms with van der Waals surface area (Å²) in [6.07, 6.45) is 6.03. The van der Waals surface area contributed by atoms with Gasteiger partial charge in [-0.15, -0.1) is 0 Å². The molecule has 1 saturated carbocycles. The minimum atomic E-state index is -0.0648. The van der Waals surface area contributed by atoms with Crippen molar-refractivity contribution in [3.8, 4) is 0 Å². The van der Waals surface area contributed by atoms with Crippen LogP contribution in [0, 0.1) is 0 Å². The van der Waals surface area contributed by atoms with Crippen LogP contribution >= 0.6 is 0 Å². The van der Waals surface area contributed by atoms with E-state index in [0.29, 0.717) is 0 Å². The van der Waals surface area contributed by atoms with Crippen LogP contribution in [0.1, 0.15) is 43.6 Å². The summed E-state index contributed by atoms with van der Waals surface area (Å²) >= 11 is 0. The summed E-state index contributed by atoms with van der Waals surface area (Å²) in [6.45, 7) is 2.47. The van der Waals surface area contributed by atoms with E-state index in [2.05, 4.69) is 29.6 Å². The molecule has 1 aromatic rings. The van der Waals surface area contributed by atoms with Crippen LogP contribution in [-0.2, 0) is 9.47 Å². The second kappa shape index (κ2) is 6.15. The molecule has 0 aromatic heterocycles. The predicted molar refractivity (Wildman–Crippen MR) is 81.3 cm³/mol. The lowest BCUT2D eigenvalue weighted by molar-refractivity contribution is -0.0807. The van der Waals surface area contributed by atoms with E-state index in [1.807, 2.05) is 7.11 Å². The summed E-state index contributed by atoms with van der Waals surface area (Å²) in [5, 5.41) is 3.57. The highest BCUT2D eigenvalue weighted by molar-refractivity contribution is 5.47. The Morgan fingerprint density at radius 2 is 2.10 bits per heavy atom. The van der Waals surface area contributed by atoms with Crippen LogP contribution in [-0.4, -0.2) is 32.5 Å². The van der Waals surface area contributed by atoms with Crippen LogP contribution in [0.5, 0.6) is 0 Å². The molecule has 1 aliphatic heterocycles. The van der Waals surface area contributed by atoms with Crippen LogP contribution < -0.4 is 5.32 Å². The molecule has 0 radical (unpaired) electrons. The number of nitrogens with one attached hydrogen (secondary N) is 1. The third kappa shape index (κ3) is 2.99. The molecule has 2 fully saturated rings. The smallest absolute Gasteiger partial charge is 0.0893 e. The van der Waals surface area contributed by atoms with E-state index in [1.165, 1.54) is 30.5 Å². The van der Waals surface area contributed by atoms with Crippen LogP contribution in [0.2, 0.25) is 0 Å². The molecule has 3 rings (SSSR count). The largest absolute Gasteiger partial charge is 0.382 e. The first-order chi connectivity index (χ1) is 9.81. The van der Waals surface area contributed by atoms with Gasteiger partial charge in [0, 0.05) is 45.4 Å². The van der Waals surface area contributed by atoms with Gasteiger partial charge in [0.15, 0.2) is 0 Å². The molecule has 1 heterocycles. The van der Waals surface area contributed by atoms with Gasteiger partial charge in [-0.05, 0) is 36.5 Å². The highest BCUT2D eigenvalue weighted by Crippen LogP contribution is 2.37. The average Bonchev–Trinajstić information content (AvgIpc) is 2.45. The van der Waals surface area contributed by atoms with Gasteiger partial charge in [0.25, 0.3) is 0 Å². The van der Waals surface area contributed by atoms with Crippen molar-refractivity contribution in [3.05, 3.63) is 29.8 Å². The van der Waals surface area contributed by atoms with Gasteiger partial charge in [-0.25, -0.2) is 0 Å². The topological polar surface area (TPSA) is 30.5 Å². The number of hydrogen-bond acceptors (Lipinski definition) is 3. The molecule has 0 spiro atoms. The summed E-state index contributed by atoms with van der Waals surface area (Å²) in [6, 6.07) is 8.90. The Morgan fingerprint density at radius 1 is 1.30 bits per heavy atom. The Morgan fingerprint density at radius 3 is 2.75 bits per heavy atom. The molecule has 1 saturated heterocycles. The minimum absolute atomic E-state index is 0.0648. The Labute approximate surface area is 121 Å². The van der Waals surface area contributed by atoms with Gasteiger partial charge in [-0.3, -0.25) is 0 Å².